The van der Waals surface area contributed by atoms with Crippen molar-refractivity contribution in [2.45, 2.75) is 6.42 Å². The van der Waals surface area contributed by atoms with Crippen LogP contribution in [0, 0.1) is 0 Å². The van der Waals surface area contributed by atoms with Gasteiger partial charge in [-0.25, -0.2) is 0 Å². The number of rotatable bonds is 9. The summed E-state index contributed by atoms with van der Waals surface area (Å²) in [5.74, 6) is 0.902. The standard InChI is InChI=1S/C14H19NO5S/c1-19-11-3-4-12(20-2)10(7-11)8-13(16)15-5-6-21-9-14(17)18/h3-4,7H,5-6,8-9H2,1-2H3,(H,15,16)(H,17,18). The van der Waals surface area contributed by atoms with Crippen LogP contribution in [-0.2, 0) is 16.0 Å². The summed E-state index contributed by atoms with van der Waals surface area (Å²) in [7, 11) is 3.11. The van der Waals surface area contributed by atoms with Gasteiger partial charge < -0.3 is 19.9 Å². The van der Waals surface area contributed by atoms with E-state index in [2.05, 4.69) is 5.32 Å². The number of methoxy groups -OCH3 is 2. The van der Waals surface area contributed by atoms with Crippen molar-refractivity contribution in [3.63, 3.8) is 0 Å². The molecule has 0 aliphatic rings. The largest absolute Gasteiger partial charge is 0.497 e. The van der Waals surface area contributed by atoms with Gasteiger partial charge in [-0.3, -0.25) is 9.59 Å². The highest BCUT2D eigenvalue weighted by atomic mass is 32.2. The normalized spacial score (nSPS) is 10.0. The number of amides is 1. The Labute approximate surface area is 127 Å². The lowest BCUT2D eigenvalue weighted by Crippen LogP contribution is -2.27. The summed E-state index contributed by atoms with van der Waals surface area (Å²) in [6, 6.07) is 5.28. The molecule has 0 saturated carbocycles. The quantitative estimate of drug-likeness (QED) is 0.666. The molecule has 0 aliphatic heterocycles. The van der Waals surface area contributed by atoms with E-state index in [1.165, 1.54) is 11.8 Å². The van der Waals surface area contributed by atoms with E-state index in [9.17, 15) is 9.59 Å². The third-order valence-electron chi connectivity index (χ3n) is 2.63. The zero-order chi connectivity index (χ0) is 15.7. The highest BCUT2D eigenvalue weighted by Crippen LogP contribution is 2.24. The number of hydrogen-bond acceptors (Lipinski definition) is 5. The lowest BCUT2D eigenvalue weighted by atomic mass is 10.1. The Morgan fingerprint density at radius 3 is 2.67 bits per heavy atom. The molecule has 0 saturated heterocycles. The summed E-state index contributed by atoms with van der Waals surface area (Å²) < 4.78 is 10.3. The van der Waals surface area contributed by atoms with Crippen LogP contribution in [0.4, 0.5) is 0 Å². The average molecular weight is 313 g/mol. The first-order valence-corrected chi connectivity index (χ1v) is 7.49. The third-order valence-corrected chi connectivity index (χ3v) is 3.58. The predicted octanol–water partition coefficient (Wildman–Crippen LogP) is 1.18. The number of ether oxygens (including phenoxy) is 2. The zero-order valence-electron chi connectivity index (χ0n) is 12.0. The molecule has 2 N–H and O–H groups in total. The van der Waals surface area contributed by atoms with E-state index >= 15 is 0 Å². The zero-order valence-corrected chi connectivity index (χ0v) is 12.9. The number of nitrogens with one attached hydrogen (secondary N) is 1. The lowest BCUT2D eigenvalue weighted by molar-refractivity contribution is -0.133. The molecule has 0 aromatic heterocycles. The van der Waals surface area contributed by atoms with Crippen LogP contribution in [0.5, 0.6) is 11.5 Å². The van der Waals surface area contributed by atoms with E-state index in [1.54, 1.807) is 32.4 Å². The summed E-state index contributed by atoms with van der Waals surface area (Å²) in [6.07, 6.45) is 0.184. The minimum atomic E-state index is -0.854. The van der Waals surface area contributed by atoms with Gasteiger partial charge in [0, 0.05) is 17.9 Å². The number of carboxylic acids is 1. The second kappa shape index (κ2) is 9.12. The van der Waals surface area contributed by atoms with E-state index in [0.29, 0.717) is 23.8 Å². The fourth-order valence-electron chi connectivity index (χ4n) is 1.68. The number of carboxylic acid groups (broad SMARTS) is 1. The van der Waals surface area contributed by atoms with E-state index in [4.69, 9.17) is 14.6 Å². The van der Waals surface area contributed by atoms with Gasteiger partial charge in [-0.05, 0) is 18.2 Å². The molecule has 1 amide bonds. The molecule has 0 fully saturated rings. The summed E-state index contributed by atoms with van der Waals surface area (Å²) in [5, 5.41) is 11.2. The minimum absolute atomic E-state index is 0.0412. The van der Waals surface area contributed by atoms with Crippen molar-refractivity contribution < 1.29 is 24.2 Å². The van der Waals surface area contributed by atoms with Crippen LogP contribution in [0.2, 0.25) is 0 Å². The van der Waals surface area contributed by atoms with E-state index in [1.807, 2.05) is 0 Å². The van der Waals surface area contributed by atoms with Crippen molar-refractivity contribution in [2.24, 2.45) is 0 Å². The number of hydrogen-bond donors (Lipinski definition) is 2. The second-order valence-electron chi connectivity index (χ2n) is 4.15. The fraction of sp³-hybridized carbons (Fsp3) is 0.429. The van der Waals surface area contributed by atoms with E-state index in [-0.39, 0.29) is 18.1 Å². The van der Waals surface area contributed by atoms with Gasteiger partial charge in [-0.1, -0.05) is 0 Å². The van der Waals surface area contributed by atoms with Crippen molar-refractivity contribution in [3.05, 3.63) is 23.8 Å². The monoisotopic (exact) mass is 313 g/mol. The third kappa shape index (κ3) is 6.40. The molecule has 21 heavy (non-hydrogen) atoms. The molecule has 0 atom stereocenters. The molecule has 0 unspecified atom stereocenters. The maximum Gasteiger partial charge on any atom is 0.313 e. The van der Waals surface area contributed by atoms with Gasteiger partial charge in [0.1, 0.15) is 11.5 Å². The van der Waals surface area contributed by atoms with Crippen LogP contribution in [-0.4, -0.2) is 49.3 Å². The molecule has 0 heterocycles. The summed E-state index contributed by atoms with van der Waals surface area (Å²) in [6.45, 7) is 0.434. The smallest absolute Gasteiger partial charge is 0.313 e. The van der Waals surface area contributed by atoms with Crippen molar-refractivity contribution >= 4 is 23.6 Å². The number of benzene rings is 1. The van der Waals surface area contributed by atoms with Crippen LogP contribution in [0.25, 0.3) is 0 Å². The first kappa shape index (κ1) is 17.2. The fourth-order valence-corrected chi connectivity index (χ4v) is 2.24. The Bertz CT molecular complexity index is 492. The van der Waals surface area contributed by atoms with Crippen LogP contribution >= 0.6 is 11.8 Å². The average Bonchev–Trinajstić information content (AvgIpc) is 2.46. The molecule has 7 heteroatoms. The Hall–Kier alpha value is -1.89. The molecule has 1 aromatic carbocycles. The van der Waals surface area contributed by atoms with E-state index < -0.39 is 5.97 Å². The Morgan fingerprint density at radius 2 is 2.05 bits per heavy atom. The van der Waals surface area contributed by atoms with Crippen LogP contribution < -0.4 is 14.8 Å². The van der Waals surface area contributed by atoms with Gasteiger partial charge in [-0.2, -0.15) is 0 Å². The highest BCUT2D eigenvalue weighted by molar-refractivity contribution is 7.99. The predicted molar refractivity (Wildman–Crippen MR) is 81.2 cm³/mol. The van der Waals surface area contributed by atoms with Crippen molar-refractivity contribution in [2.75, 3.05) is 32.3 Å². The van der Waals surface area contributed by atoms with E-state index in [0.717, 1.165) is 5.56 Å². The molecule has 0 radical (unpaired) electrons. The minimum Gasteiger partial charge on any atom is -0.497 e. The van der Waals surface area contributed by atoms with Crippen LogP contribution in [0.3, 0.4) is 0 Å². The number of carbonyl (C=O) groups excluding carboxylic acids is 1. The highest BCUT2D eigenvalue weighted by Gasteiger charge is 2.10. The molecular formula is C14H19NO5S. The molecule has 1 aromatic rings. The molecule has 1 rings (SSSR count). The summed E-state index contributed by atoms with van der Waals surface area (Å²) in [4.78, 5) is 22.2. The molecule has 0 spiro atoms. The maximum absolute atomic E-state index is 11.8. The number of thioether (sulfide) groups is 1. The summed E-state index contributed by atoms with van der Waals surface area (Å²) in [5.41, 5.74) is 0.743. The van der Waals surface area contributed by atoms with Crippen molar-refractivity contribution in [1.82, 2.24) is 5.32 Å². The Balaban J connectivity index is 2.45. The Morgan fingerprint density at radius 1 is 1.29 bits per heavy atom. The number of carbonyl (C=O) groups is 2. The molecule has 116 valence electrons. The summed E-state index contributed by atoms with van der Waals surface area (Å²) >= 11 is 1.26. The van der Waals surface area contributed by atoms with Gasteiger partial charge >= 0.3 is 5.97 Å². The van der Waals surface area contributed by atoms with Gasteiger partial charge in [-0.15, -0.1) is 11.8 Å². The maximum atomic E-state index is 11.8. The van der Waals surface area contributed by atoms with Crippen LogP contribution in [0.15, 0.2) is 18.2 Å². The van der Waals surface area contributed by atoms with Crippen molar-refractivity contribution in [3.8, 4) is 11.5 Å². The number of aliphatic carboxylic acids is 1. The van der Waals surface area contributed by atoms with Crippen molar-refractivity contribution in [1.29, 1.82) is 0 Å². The lowest BCUT2D eigenvalue weighted by Gasteiger charge is -2.10. The topological polar surface area (TPSA) is 84.9 Å². The second-order valence-corrected chi connectivity index (χ2v) is 5.26. The SMILES string of the molecule is COc1ccc(OC)c(CC(=O)NCCSCC(=O)O)c1. The van der Waals surface area contributed by atoms with Gasteiger partial charge in [0.25, 0.3) is 0 Å². The van der Waals surface area contributed by atoms with Gasteiger partial charge in [0.05, 0.1) is 26.4 Å². The first-order chi connectivity index (χ1) is 10.1. The molecule has 0 bridgehead atoms. The first-order valence-electron chi connectivity index (χ1n) is 6.34. The Kier molecular flexibility index (Phi) is 7.45. The molecule has 6 nitrogen and oxygen atoms in total. The van der Waals surface area contributed by atoms with Gasteiger partial charge in [0.2, 0.25) is 5.91 Å². The van der Waals surface area contributed by atoms with Gasteiger partial charge in [0.15, 0.2) is 0 Å². The van der Waals surface area contributed by atoms with Crippen LogP contribution in [0.1, 0.15) is 5.56 Å². The molecule has 0 aliphatic carbocycles. The molecular weight excluding hydrogens is 294 g/mol.